The van der Waals surface area contributed by atoms with E-state index in [-0.39, 0.29) is 0 Å². The number of halogens is 6. The van der Waals surface area contributed by atoms with Crippen LogP contribution in [0.4, 0.5) is 37.7 Å². The lowest BCUT2D eigenvalue weighted by Crippen LogP contribution is -2.35. The molecule has 0 radical (unpaired) electrons. The lowest BCUT2D eigenvalue weighted by atomic mass is 10.00. The van der Waals surface area contributed by atoms with E-state index in [1.165, 1.54) is 24.3 Å². The van der Waals surface area contributed by atoms with Crippen molar-refractivity contribution in [3.63, 3.8) is 0 Å². The summed E-state index contributed by atoms with van der Waals surface area (Å²) >= 11 is 3.53. The molecule has 2 aromatic heterocycles. The molecular weight excluding hydrogens is 927 g/mol. The highest BCUT2D eigenvalue weighted by atomic mass is 32.2. The van der Waals surface area contributed by atoms with Crippen LogP contribution in [0.25, 0.3) is 0 Å². The van der Waals surface area contributed by atoms with Crippen molar-refractivity contribution in [3.05, 3.63) is 71.3 Å². The molecule has 12 nitrogen and oxygen atoms in total. The third-order valence-corrected chi connectivity index (χ3v) is 17.1. The number of nitrogens with zero attached hydrogens (tertiary/aromatic N) is 10. The Kier molecular flexibility index (Phi) is 15.9. The Bertz CT molecular complexity index is 2080. The zero-order valence-corrected chi connectivity index (χ0v) is 40.6. The van der Waals surface area contributed by atoms with Crippen molar-refractivity contribution in [1.82, 2.24) is 39.3 Å². The van der Waals surface area contributed by atoms with E-state index in [4.69, 9.17) is 9.47 Å². The van der Waals surface area contributed by atoms with Gasteiger partial charge in [-0.2, -0.15) is 26.3 Å². The quantitative estimate of drug-likeness (QED) is 0.0687. The van der Waals surface area contributed by atoms with E-state index in [1.54, 1.807) is 47.8 Å². The van der Waals surface area contributed by atoms with Crippen molar-refractivity contribution < 1.29 is 35.8 Å². The number of alkyl halides is 6. The maximum Gasteiger partial charge on any atom is 0.416 e. The number of aromatic nitrogens is 6. The Morgan fingerprint density at radius 2 is 0.912 bits per heavy atom. The molecule has 6 aliphatic heterocycles. The van der Waals surface area contributed by atoms with Gasteiger partial charge in [0.05, 0.1) is 11.1 Å². The van der Waals surface area contributed by atoms with Gasteiger partial charge in [0.15, 0.2) is 10.3 Å². The average Bonchev–Trinajstić information content (AvgIpc) is 4.20. The fourth-order valence-electron chi connectivity index (χ4n) is 11.2. The molecule has 2 aromatic carbocycles. The summed E-state index contributed by atoms with van der Waals surface area (Å²) in [5.74, 6) is 6.20. The number of rotatable bonds is 14. The lowest BCUT2D eigenvalue weighted by Gasteiger charge is -2.27. The summed E-state index contributed by atoms with van der Waals surface area (Å²) in [5.41, 5.74) is 0.640. The van der Waals surface area contributed by atoms with Crippen molar-refractivity contribution >= 4 is 34.9 Å². The standard InChI is InChI=1S/2C24H32F3N5OS/c2*1-30-22(17-8-12-33-13-9-17)28-29-23(30)34-14-2-10-31-15-18-7-11-32(21(18)16-31)20-5-3-19(4-6-20)24(25,26)27/h2*3-6,17-18,21H,2,7-16H2,1H3/t2*18-,21+/m10/s1. The normalized spacial score (nSPS) is 24.2. The van der Waals surface area contributed by atoms with Gasteiger partial charge in [-0.3, -0.25) is 0 Å². The van der Waals surface area contributed by atoms with Crippen LogP contribution in [0.15, 0.2) is 58.8 Å². The molecule has 0 amide bonds. The fourth-order valence-corrected chi connectivity index (χ4v) is 12.9. The summed E-state index contributed by atoms with van der Waals surface area (Å²) in [6.45, 7) is 11.2. The van der Waals surface area contributed by atoms with E-state index in [0.717, 1.165) is 175 Å². The SMILES string of the molecule is Cn1c(SCCCN2C[C@@H]3CCN(c4ccc(C(F)(F)F)cc4)[C@@H]3C2)nnc1C1CCOCC1.Cn1c(SCCCN2C[C@H]3CCN(c4ccc(C(F)(F)F)cc4)[C@H]3C2)nnc1C1CCOCC1. The van der Waals surface area contributed by atoms with Crippen LogP contribution in [0.5, 0.6) is 0 Å². The predicted octanol–water partition coefficient (Wildman–Crippen LogP) is 8.84. The Labute approximate surface area is 403 Å². The van der Waals surface area contributed by atoms with Crippen LogP contribution in [-0.2, 0) is 35.9 Å². The summed E-state index contributed by atoms with van der Waals surface area (Å²) in [7, 11) is 4.12. The Hall–Kier alpha value is -3.56. The largest absolute Gasteiger partial charge is 0.416 e. The van der Waals surface area contributed by atoms with Crippen molar-refractivity contribution in [2.45, 2.75) is 98.0 Å². The first kappa shape index (κ1) is 49.4. The van der Waals surface area contributed by atoms with E-state index in [0.29, 0.717) is 35.8 Å². The van der Waals surface area contributed by atoms with Crippen molar-refractivity contribution in [2.75, 3.05) is 100 Å². The highest BCUT2D eigenvalue weighted by Crippen LogP contribution is 2.39. The second-order valence-electron chi connectivity index (χ2n) is 19.2. The molecule has 68 heavy (non-hydrogen) atoms. The second-order valence-corrected chi connectivity index (χ2v) is 21.3. The maximum atomic E-state index is 12.9. The predicted molar refractivity (Wildman–Crippen MR) is 253 cm³/mol. The van der Waals surface area contributed by atoms with E-state index in [1.807, 2.05) is 0 Å². The number of fused-ring (bicyclic) bond motifs is 2. The molecule has 0 unspecified atom stereocenters. The summed E-state index contributed by atoms with van der Waals surface area (Å²) in [6, 6.07) is 12.1. The first-order chi connectivity index (χ1) is 32.8. The molecule has 10 rings (SSSR count). The van der Waals surface area contributed by atoms with Gasteiger partial charge in [-0.05, 0) is 125 Å². The minimum atomic E-state index is -4.29. The Morgan fingerprint density at radius 1 is 0.529 bits per heavy atom. The van der Waals surface area contributed by atoms with E-state index in [9.17, 15) is 26.3 Å². The molecule has 0 saturated carbocycles. The van der Waals surface area contributed by atoms with Crippen LogP contribution in [0.2, 0.25) is 0 Å². The van der Waals surface area contributed by atoms with Gasteiger partial charge in [-0.15, -0.1) is 20.4 Å². The summed E-state index contributed by atoms with van der Waals surface area (Å²) in [6.07, 6.45) is -0.176. The minimum absolute atomic E-state index is 0.394. The first-order valence-corrected chi connectivity index (χ1v) is 26.3. The highest BCUT2D eigenvalue weighted by Gasteiger charge is 2.43. The molecular formula is C48H64F6N10O2S2. The molecule has 0 spiro atoms. The van der Waals surface area contributed by atoms with Gasteiger partial charge in [0.25, 0.3) is 0 Å². The number of benzene rings is 2. The molecule has 0 bridgehead atoms. The summed E-state index contributed by atoms with van der Waals surface area (Å²) in [4.78, 5) is 9.63. The molecule has 6 saturated heterocycles. The van der Waals surface area contributed by atoms with Crippen LogP contribution in [0, 0.1) is 11.8 Å². The van der Waals surface area contributed by atoms with Crippen molar-refractivity contribution in [3.8, 4) is 0 Å². The second kappa shape index (κ2) is 21.8. The number of hydrogen-bond donors (Lipinski definition) is 0. The number of ether oxygens (including phenoxy) is 2. The molecule has 6 fully saturated rings. The zero-order chi connectivity index (χ0) is 47.4. The lowest BCUT2D eigenvalue weighted by molar-refractivity contribution is -0.138. The van der Waals surface area contributed by atoms with Crippen LogP contribution in [0.1, 0.15) is 86.0 Å². The number of likely N-dealkylation sites (tertiary alicyclic amines) is 2. The zero-order valence-electron chi connectivity index (χ0n) is 39.0. The first-order valence-electron chi connectivity index (χ1n) is 24.3. The van der Waals surface area contributed by atoms with Crippen LogP contribution in [0.3, 0.4) is 0 Å². The minimum Gasteiger partial charge on any atom is -0.381 e. The summed E-state index contributed by atoms with van der Waals surface area (Å²) in [5, 5.41) is 19.7. The van der Waals surface area contributed by atoms with Crippen LogP contribution < -0.4 is 9.80 Å². The van der Waals surface area contributed by atoms with Gasteiger partial charge in [0.2, 0.25) is 0 Å². The molecule has 0 N–H and O–H groups in total. The van der Waals surface area contributed by atoms with E-state index < -0.39 is 23.5 Å². The Morgan fingerprint density at radius 3 is 1.28 bits per heavy atom. The van der Waals surface area contributed by atoms with Gasteiger partial charge in [-0.1, -0.05) is 23.5 Å². The molecule has 4 atom stereocenters. The van der Waals surface area contributed by atoms with Gasteiger partial charge in [0.1, 0.15) is 11.6 Å². The number of thioether (sulfide) groups is 2. The number of anilines is 2. The van der Waals surface area contributed by atoms with Crippen molar-refractivity contribution in [1.29, 1.82) is 0 Å². The third kappa shape index (κ3) is 11.6. The van der Waals surface area contributed by atoms with E-state index in [2.05, 4.69) is 63.2 Å². The molecule has 20 heteroatoms. The van der Waals surface area contributed by atoms with E-state index >= 15 is 0 Å². The maximum absolute atomic E-state index is 12.9. The van der Waals surface area contributed by atoms with Crippen LogP contribution >= 0.6 is 23.5 Å². The molecule has 6 aliphatic rings. The third-order valence-electron chi connectivity index (χ3n) is 14.9. The molecule has 8 heterocycles. The van der Waals surface area contributed by atoms with Crippen molar-refractivity contribution in [2.24, 2.45) is 25.9 Å². The van der Waals surface area contributed by atoms with Crippen LogP contribution in [-0.4, -0.2) is 142 Å². The molecule has 372 valence electrons. The smallest absolute Gasteiger partial charge is 0.381 e. The monoisotopic (exact) mass is 990 g/mol. The molecule has 0 aliphatic carbocycles. The summed E-state index contributed by atoms with van der Waals surface area (Å²) < 4.78 is 92.6. The average molecular weight is 991 g/mol. The topological polar surface area (TPSA) is 92.8 Å². The van der Waals surface area contributed by atoms with Gasteiger partial charge < -0.3 is 38.2 Å². The van der Waals surface area contributed by atoms with Gasteiger partial charge in [0, 0.05) is 127 Å². The van der Waals surface area contributed by atoms with Gasteiger partial charge in [-0.25, -0.2) is 0 Å². The highest BCUT2D eigenvalue weighted by molar-refractivity contribution is 7.99. The van der Waals surface area contributed by atoms with Gasteiger partial charge >= 0.3 is 12.4 Å². The number of hydrogen-bond acceptors (Lipinski definition) is 12. The Balaban J connectivity index is 0.000000170. The fraction of sp³-hybridized carbons (Fsp3) is 0.667. The molecule has 4 aromatic rings.